The molecule has 0 heterocycles. The Balaban J connectivity index is 4.24. The standard InChI is InChI=1S/C12H23NO4/c1-4-5-6-9(12(16)17)13-11(15)10(14)7-8(2)3/h8-10,14H,4-7H2,1-3H3,(H,13,15)(H,16,17)/t9-,10+/m0/s1. The summed E-state index contributed by atoms with van der Waals surface area (Å²) in [4.78, 5) is 22.4. The van der Waals surface area contributed by atoms with Crippen LogP contribution < -0.4 is 5.32 Å². The van der Waals surface area contributed by atoms with E-state index in [1.807, 2.05) is 20.8 Å². The van der Waals surface area contributed by atoms with E-state index in [1.54, 1.807) is 0 Å². The van der Waals surface area contributed by atoms with Crippen LogP contribution in [0.4, 0.5) is 0 Å². The first kappa shape index (κ1) is 15.9. The highest BCUT2D eigenvalue weighted by Gasteiger charge is 2.23. The maximum absolute atomic E-state index is 11.5. The zero-order valence-electron chi connectivity index (χ0n) is 10.8. The number of aliphatic hydroxyl groups excluding tert-OH is 1. The molecule has 17 heavy (non-hydrogen) atoms. The topological polar surface area (TPSA) is 86.6 Å². The highest BCUT2D eigenvalue weighted by atomic mass is 16.4. The van der Waals surface area contributed by atoms with Crippen LogP contribution in [0.1, 0.15) is 46.5 Å². The fourth-order valence-electron chi connectivity index (χ4n) is 1.49. The second kappa shape index (κ2) is 8.06. The summed E-state index contributed by atoms with van der Waals surface area (Å²) in [6, 6.07) is -0.899. The van der Waals surface area contributed by atoms with Gasteiger partial charge in [-0.3, -0.25) is 4.79 Å². The molecule has 1 amide bonds. The molecule has 0 aliphatic heterocycles. The van der Waals surface area contributed by atoms with Gasteiger partial charge in [-0.2, -0.15) is 0 Å². The monoisotopic (exact) mass is 245 g/mol. The molecule has 100 valence electrons. The summed E-state index contributed by atoms with van der Waals surface area (Å²) in [7, 11) is 0. The third-order valence-corrected chi connectivity index (χ3v) is 2.46. The van der Waals surface area contributed by atoms with Gasteiger partial charge in [-0.15, -0.1) is 0 Å². The Bertz CT molecular complexity index is 253. The van der Waals surface area contributed by atoms with E-state index in [4.69, 9.17) is 5.11 Å². The summed E-state index contributed by atoms with van der Waals surface area (Å²) in [6.45, 7) is 5.73. The summed E-state index contributed by atoms with van der Waals surface area (Å²) < 4.78 is 0. The Hall–Kier alpha value is -1.10. The van der Waals surface area contributed by atoms with Crippen LogP contribution in [0.3, 0.4) is 0 Å². The maximum Gasteiger partial charge on any atom is 0.326 e. The van der Waals surface area contributed by atoms with Crippen molar-refractivity contribution >= 4 is 11.9 Å². The van der Waals surface area contributed by atoms with E-state index >= 15 is 0 Å². The molecule has 0 saturated heterocycles. The number of unbranched alkanes of at least 4 members (excludes halogenated alkanes) is 1. The predicted octanol–water partition coefficient (Wildman–Crippen LogP) is 1.15. The van der Waals surface area contributed by atoms with Gasteiger partial charge in [0.1, 0.15) is 12.1 Å². The second-order valence-electron chi connectivity index (χ2n) is 4.69. The number of carbonyl (C=O) groups excluding carboxylic acids is 1. The molecule has 0 aromatic carbocycles. The van der Waals surface area contributed by atoms with Crippen LogP contribution in [0.5, 0.6) is 0 Å². The first-order chi connectivity index (χ1) is 7.88. The van der Waals surface area contributed by atoms with Crippen molar-refractivity contribution in [3.63, 3.8) is 0 Å². The van der Waals surface area contributed by atoms with Gasteiger partial charge in [0.2, 0.25) is 5.91 Å². The minimum Gasteiger partial charge on any atom is -0.480 e. The van der Waals surface area contributed by atoms with Gasteiger partial charge in [0.05, 0.1) is 0 Å². The van der Waals surface area contributed by atoms with Gasteiger partial charge in [-0.1, -0.05) is 33.6 Å². The second-order valence-corrected chi connectivity index (χ2v) is 4.69. The summed E-state index contributed by atoms with van der Waals surface area (Å²) >= 11 is 0. The Kier molecular flexibility index (Phi) is 7.54. The lowest BCUT2D eigenvalue weighted by Crippen LogP contribution is -2.45. The van der Waals surface area contributed by atoms with Crippen molar-refractivity contribution in [3.8, 4) is 0 Å². The first-order valence-electron chi connectivity index (χ1n) is 6.09. The highest BCUT2D eigenvalue weighted by Crippen LogP contribution is 2.06. The number of carboxylic acid groups (broad SMARTS) is 1. The number of carboxylic acids is 1. The first-order valence-corrected chi connectivity index (χ1v) is 6.09. The molecule has 5 heteroatoms. The van der Waals surface area contributed by atoms with Crippen LogP contribution in [0, 0.1) is 5.92 Å². The van der Waals surface area contributed by atoms with E-state index in [9.17, 15) is 14.7 Å². The third-order valence-electron chi connectivity index (χ3n) is 2.46. The number of nitrogens with one attached hydrogen (secondary N) is 1. The number of hydrogen-bond acceptors (Lipinski definition) is 3. The molecule has 0 rings (SSSR count). The van der Waals surface area contributed by atoms with Gasteiger partial charge in [0.25, 0.3) is 0 Å². The Labute approximate surface area is 102 Å². The van der Waals surface area contributed by atoms with Crippen LogP contribution in [-0.4, -0.2) is 34.2 Å². The van der Waals surface area contributed by atoms with Crippen LogP contribution in [-0.2, 0) is 9.59 Å². The Morgan fingerprint density at radius 2 is 1.88 bits per heavy atom. The molecule has 0 aromatic heterocycles. The van der Waals surface area contributed by atoms with Gasteiger partial charge in [0.15, 0.2) is 0 Å². The van der Waals surface area contributed by atoms with Crippen molar-refractivity contribution in [1.82, 2.24) is 5.32 Å². The smallest absolute Gasteiger partial charge is 0.326 e. The van der Waals surface area contributed by atoms with E-state index in [0.29, 0.717) is 12.8 Å². The molecule has 0 unspecified atom stereocenters. The number of hydrogen-bond donors (Lipinski definition) is 3. The molecule has 0 aliphatic rings. The molecule has 3 N–H and O–H groups in total. The lowest BCUT2D eigenvalue weighted by atomic mass is 10.0. The maximum atomic E-state index is 11.5. The van der Waals surface area contributed by atoms with Crippen molar-refractivity contribution in [3.05, 3.63) is 0 Å². The van der Waals surface area contributed by atoms with Crippen LogP contribution in [0.15, 0.2) is 0 Å². The molecule has 0 bridgehead atoms. The average molecular weight is 245 g/mol. The molecule has 5 nitrogen and oxygen atoms in total. The minimum absolute atomic E-state index is 0.190. The number of amides is 1. The zero-order valence-corrected chi connectivity index (χ0v) is 10.8. The molecule has 0 aromatic rings. The summed E-state index contributed by atoms with van der Waals surface area (Å²) in [5.74, 6) is -1.46. The Morgan fingerprint density at radius 3 is 2.29 bits per heavy atom. The summed E-state index contributed by atoms with van der Waals surface area (Å²) in [5, 5.41) is 20.8. The van der Waals surface area contributed by atoms with Crippen molar-refractivity contribution in [2.24, 2.45) is 5.92 Å². The molecular weight excluding hydrogens is 222 g/mol. The van der Waals surface area contributed by atoms with Gasteiger partial charge < -0.3 is 15.5 Å². The quantitative estimate of drug-likeness (QED) is 0.598. The van der Waals surface area contributed by atoms with Crippen molar-refractivity contribution < 1.29 is 19.8 Å². The lowest BCUT2D eigenvalue weighted by molar-refractivity contribution is -0.143. The lowest BCUT2D eigenvalue weighted by Gasteiger charge is -2.18. The number of carbonyl (C=O) groups is 2. The van der Waals surface area contributed by atoms with Gasteiger partial charge in [-0.25, -0.2) is 4.79 Å². The van der Waals surface area contributed by atoms with Gasteiger partial charge in [0, 0.05) is 0 Å². The van der Waals surface area contributed by atoms with E-state index in [1.165, 1.54) is 0 Å². The number of aliphatic carboxylic acids is 1. The molecular formula is C12H23NO4. The number of aliphatic hydroxyl groups is 1. The third kappa shape index (κ3) is 6.94. The summed E-state index contributed by atoms with van der Waals surface area (Å²) in [6.07, 6.45) is 1.21. The van der Waals surface area contributed by atoms with Gasteiger partial charge >= 0.3 is 5.97 Å². The van der Waals surface area contributed by atoms with Crippen molar-refractivity contribution in [2.45, 2.75) is 58.6 Å². The fraction of sp³-hybridized carbons (Fsp3) is 0.833. The molecule has 0 saturated carbocycles. The fourth-order valence-corrected chi connectivity index (χ4v) is 1.49. The normalized spacial score (nSPS) is 14.4. The number of rotatable bonds is 8. The average Bonchev–Trinajstić information content (AvgIpc) is 2.22. The Morgan fingerprint density at radius 1 is 1.29 bits per heavy atom. The van der Waals surface area contributed by atoms with E-state index in [-0.39, 0.29) is 5.92 Å². The summed E-state index contributed by atoms with van der Waals surface area (Å²) in [5.41, 5.74) is 0. The van der Waals surface area contributed by atoms with E-state index < -0.39 is 24.0 Å². The van der Waals surface area contributed by atoms with Gasteiger partial charge in [-0.05, 0) is 18.8 Å². The van der Waals surface area contributed by atoms with E-state index in [0.717, 1.165) is 12.8 Å². The van der Waals surface area contributed by atoms with Crippen molar-refractivity contribution in [2.75, 3.05) is 0 Å². The SMILES string of the molecule is CCCC[C@H](NC(=O)[C@H](O)CC(C)C)C(=O)O. The van der Waals surface area contributed by atoms with Crippen molar-refractivity contribution in [1.29, 1.82) is 0 Å². The minimum atomic E-state index is -1.13. The zero-order chi connectivity index (χ0) is 13.4. The van der Waals surface area contributed by atoms with Crippen LogP contribution in [0.25, 0.3) is 0 Å². The van der Waals surface area contributed by atoms with E-state index in [2.05, 4.69) is 5.32 Å². The molecule has 0 radical (unpaired) electrons. The molecule has 0 fully saturated rings. The largest absolute Gasteiger partial charge is 0.480 e. The molecule has 0 spiro atoms. The predicted molar refractivity (Wildman–Crippen MR) is 64.6 cm³/mol. The van der Waals surface area contributed by atoms with Crippen LogP contribution in [0.2, 0.25) is 0 Å². The molecule has 2 atom stereocenters. The highest BCUT2D eigenvalue weighted by molar-refractivity contribution is 5.86. The molecule has 0 aliphatic carbocycles. The van der Waals surface area contributed by atoms with Crippen LogP contribution >= 0.6 is 0 Å².